The van der Waals surface area contributed by atoms with Crippen molar-refractivity contribution in [2.45, 2.75) is 173 Å². The van der Waals surface area contributed by atoms with Gasteiger partial charge in [-0.25, -0.2) is 9.59 Å². The Hall–Kier alpha value is -3.11. The van der Waals surface area contributed by atoms with Crippen LogP contribution in [0, 0.1) is 50.2 Å². The van der Waals surface area contributed by atoms with Gasteiger partial charge in [-0.3, -0.25) is 14.4 Å². The van der Waals surface area contributed by atoms with Gasteiger partial charge in [0.15, 0.2) is 30.6 Å². The molecule has 0 aromatic carbocycles. The Balaban J connectivity index is 1.21. The number of allylic oxidation sites excluding steroid dienone is 2. The average molecular weight is 897 g/mol. The molecule has 2 aliphatic heterocycles. The van der Waals surface area contributed by atoms with Crippen LogP contribution in [0.2, 0.25) is 0 Å². The second-order valence-corrected chi connectivity index (χ2v) is 21.1. The number of esters is 1. The first kappa shape index (κ1) is 47.8. The van der Waals surface area contributed by atoms with Crippen LogP contribution in [0.1, 0.15) is 99.8 Å². The van der Waals surface area contributed by atoms with Gasteiger partial charge in [0.25, 0.3) is 0 Å². The maximum absolute atomic E-state index is 15.0. The number of aliphatic hydroxyl groups is 6. The smallest absolute Gasteiger partial charge is 0.335 e. The molecule has 5 aliphatic carbocycles. The van der Waals surface area contributed by atoms with Gasteiger partial charge in [0, 0.05) is 30.1 Å². The zero-order chi connectivity index (χ0) is 46.7. The van der Waals surface area contributed by atoms with Gasteiger partial charge in [-0.15, -0.1) is 0 Å². The topological polar surface area (TPSA) is 314 Å². The Kier molecular flexibility index (Phi) is 12.2. The summed E-state index contributed by atoms with van der Waals surface area (Å²) in [4.78, 5) is 64.3. The number of hydrogen-bond acceptors (Lipinski definition) is 16. The molecule has 0 unspecified atom stereocenters. The van der Waals surface area contributed by atoms with Crippen LogP contribution in [-0.4, -0.2) is 156 Å². The van der Waals surface area contributed by atoms with Crippen molar-refractivity contribution < 1.29 is 93.6 Å². The number of hydrogen-bond donors (Lipinski definition) is 9. The molecule has 2 saturated heterocycles. The van der Waals surface area contributed by atoms with Gasteiger partial charge < -0.3 is 69.6 Å². The van der Waals surface area contributed by atoms with E-state index in [-0.39, 0.29) is 31.0 Å². The summed E-state index contributed by atoms with van der Waals surface area (Å²) >= 11 is 0. The van der Waals surface area contributed by atoms with Crippen LogP contribution in [0.4, 0.5) is 0 Å². The first-order valence-corrected chi connectivity index (χ1v) is 21.9. The molecule has 0 bridgehead atoms. The number of carbonyl (C=O) groups excluding carboxylic acids is 2. The number of carboxylic acid groups (broad SMARTS) is 3. The lowest BCUT2D eigenvalue weighted by atomic mass is 9.33. The maximum Gasteiger partial charge on any atom is 0.335 e. The summed E-state index contributed by atoms with van der Waals surface area (Å²) in [5, 5.41) is 94.8. The van der Waals surface area contributed by atoms with Gasteiger partial charge in [0.2, 0.25) is 0 Å². The first-order chi connectivity index (χ1) is 29.1. The lowest BCUT2D eigenvalue weighted by Crippen LogP contribution is -2.69. The van der Waals surface area contributed by atoms with E-state index < -0.39 is 148 Å². The number of aliphatic carboxylic acids is 3. The zero-order valence-corrected chi connectivity index (χ0v) is 36.7. The van der Waals surface area contributed by atoms with Crippen molar-refractivity contribution in [3.63, 3.8) is 0 Å². The number of fused-ring (bicyclic) bond motifs is 7. The lowest BCUT2D eigenvalue weighted by molar-refractivity contribution is -0.372. The Morgan fingerprint density at radius 3 is 1.89 bits per heavy atom. The van der Waals surface area contributed by atoms with Crippen LogP contribution in [0.25, 0.3) is 0 Å². The molecule has 0 radical (unpaired) electrons. The third-order valence-corrected chi connectivity index (χ3v) is 17.7. The highest BCUT2D eigenvalue weighted by Crippen LogP contribution is 2.75. The van der Waals surface area contributed by atoms with Gasteiger partial charge in [0.05, 0.1) is 18.1 Å². The minimum Gasteiger partial charge on any atom is -0.481 e. The molecule has 0 aromatic heterocycles. The fourth-order valence-electron chi connectivity index (χ4n) is 13.8. The first-order valence-electron chi connectivity index (χ1n) is 21.9. The van der Waals surface area contributed by atoms with E-state index in [2.05, 4.69) is 13.8 Å². The van der Waals surface area contributed by atoms with Gasteiger partial charge in [0.1, 0.15) is 42.7 Å². The van der Waals surface area contributed by atoms with E-state index in [4.69, 9.17) is 23.7 Å². The van der Waals surface area contributed by atoms with Crippen LogP contribution in [0.3, 0.4) is 0 Å². The summed E-state index contributed by atoms with van der Waals surface area (Å²) in [5.74, 6) is -6.31. The molecule has 7 aliphatic rings. The van der Waals surface area contributed by atoms with Crippen molar-refractivity contribution in [1.82, 2.24) is 0 Å². The van der Waals surface area contributed by atoms with Gasteiger partial charge in [-0.2, -0.15) is 0 Å². The average Bonchev–Trinajstić information content (AvgIpc) is 3.19. The highest BCUT2D eigenvalue weighted by molar-refractivity contribution is 5.95. The molecule has 21 atom stereocenters. The fraction of sp³-hybridized carbons (Fsp3) is 0.841. The Morgan fingerprint density at radius 2 is 1.32 bits per heavy atom. The van der Waals surface area contributed by atoms with Crippen molar-refractivity contribution in [3.8, 4) is 0 Å². The standard InChI is InChI=1S/C44H64O19/c1-18(46)59-24-16-39(2,38(57)58)15-20-19-14-21(47)33-41(4)10-9-23(42(5,17-45)22(41)8-11-44(33,7)43(19,6)13-12-40(20,24)3)60-37-32(28(51)27(50)31(62-37)35(55)56)63-36-29(52)25(48)26(49)30(61-36)34(53)54/h14,20,22-33,36-37,45,48-52H,8-13,15-17H2,1-7H3,(H,53,54)(H,55,56)(H,57,58)/t20-,22+,23-,24+,25-,26-,27-,28-,29+,30-,31-,32+,33+,36-,37+,39+,40+,41-,42+,43+,44+/m0/s1. The normalized spacial score (nSPS) is 51.9. The van der Waals surface area contributed by atoms with Crippen LogP contribution in [0.15, 0.2) is 11.6 Å². The number of ether oxygens (including phenoxy) is 5. The summed E-state index contributed by atoms with van der Waals surface area (Å²) in [6, 6.07) is 0. The van der Waals surface area contributed by atoms with Crippen molar-refractivity contribution in [2.75, 3.05) is 6.61 Å². The van der Waals surface area contributed by atoms with E-state index in [1.165, 1.54) is 6.92 Å². The van der Waals surface area contributed by atoms with E-state index in [1.807, 2.05) is 13.8 Å². The number of carbonyl (C=O) groups is 5. The largest absolute Gasteiger partial charge is 0.481 e. The quantitative estimate of drug-likeness (QED) is 0.114. The maximum atomic E-state index is 15.0. The van der Waals surface area contributed by atoms with Crippen LogP contribution >= 0.6 is 0 Å². The van der Waals surface area contributed by atoms with Crippen molar-refractivity contribution in [2.24, 2.45) is 50.2 Å². The summed E-state index contributed by atoms with van der Waals surface area (Å²) in [5.41, 5.74) is -4.05. The Bertz CT molecular complexity index is 1910. The molecule has 6 fully saturated rings. The number of carboxylic acids is 3. The summed E-state index contributed by atoms with van der Waals surface area (Å²) < 4.78 is 29.1. The van der Waals surface area contributed by atoms with E-state index in [1.54, 1.807) is 19.9 Å². The van der Waals surface area contributed by atoms with Crippen molar-refractivity contribution in [1.29, 1.82) is 0 Å². The van der Waals surface area contributed by atoms with E-state index in [0.717, 1.165) is 5.57 Å². The molecule has 4 saturated carbocycles. The van der Waals surface area contributed by atoms with Gasteiger partial charge in [-0.05, 0) is 86.0 Å². The van der Waals surface area contributed by atoms with Crippen molar-refractivity contribution >= 4 is 29.7 Å². The molecular formula is C44H64O19. The zero-order valence-electron chi connectivity index (χ0n) is 36.7. The van der Waals surface area contributed by atoms with Crippen LogP contribution in [-0.2, 0) is 47.7 Å². The van der Waals surface area contributed by atoms with Gasteiger partial charge in [-0.1, -0.05) is 40.2 Å². The second-order valence-electron chi connectivity index (χ2n) is 21.1. The van der Waals surface area contributed by atoms with Crippen LogP contribution in [0.5, 0.6) is 0 Å². The predicted octanol–water partition coefficient (Wildman–Crippen LogP) is 0.760. The van der Waals surface area contributed by atoms with Crippen LogP contribution < -0.4 is 0 Å². The second kappa shape index (κ2) is 16.0. The molecule has 63 heavy (non-hydrogen) atoms. The van der Waals surface area contributed by atoms with E-state index in [0.29, 0.717) is 32.1 Å². The minimum atomic E-state index is -2.12. The molecule has 7 rings (SSSR count). The van der Waals surface area contributed by atoms with Crippen molar-refractivity contribution in [3.05, 3.63) is 11.6 Å². The molecule has 354 valence electrons. The third-order valence-electron chi connectivity index (χ3n) is 17.7. The molecule has 19 heteroatoms. The number of aliphatic hydroxyl groups excluding tert-OH is 6. The highest BCUT2D eigenvalue weighted by atomic mass is 16.8. The molecular weight excluding hydrogens is 832 g/mol. The predicted molar refractivity (Wildman–Crippen MR) is 212 cm³/mol. The van der Waals surface area contributed by atoms with Gasteiger partial charge >= 0.3 is 23.9 Å². The highest BCUT2D eigenvalue weighted by Gasteiger charge is 2.72. The molecule has 0 amide bonds. The molecule has 0 aromatic rings. The third kappa shape index (κ3) is 7.10. The molecule has 2 heterocycles. The Labute approximate surface area is 364 Å². The lowest BCUT2D eigenvalue weighted by Gasteiger charge is -2.71. The number of rotatable bonds is 9. The molecule has 9 N–H and O–H groups in total. The van der Waals surface area contributed by atoms with E-state index >= 15 is 4.79 Å². The summed E-state index contributed by atoms with van der Waals surface area (Å²) in [7, 11) is 0. The summed E-state index contributed by atoms with van der Waals surface area (Å²) in [6.45, 7) is 12.7. The number of ketones is 1. The SMILES string of the molecule is CC(=O)O[C@@H]1C[C@](C)(C(=O)O)C[C@H]2C3=CC(=O)[C@@H]4[C@@]5(C)CC[C@H](O[C@@H]6O[C@H](C(=O)O)[C@@H](O)[C@H](O)[C@H]6O[C@@H]6O[C@H](C(=O)O)[C@@H](O)[C@H](O)[C@H]6O)[C@](C)(CO)[C@@H]5CC[C@@]4(C)[C@]3(C)CC[C@@]12C. The Morgan fingerprint density at radius 1 is 0.714 bits per heavy atom. The minimum absolute atomic E-state index is 0.115. The van der Waals surface area contributed by atoms with E-state index in [9.17, 15) is 65.1 Å². The molecule has 19 nitrogen and oxygen atoms in total. The fourth-order valence-corrected chi connectivity index (χ4v) is 13.8. The monoisotopic (exact) mass is 896 g/mol. The molecule has 0 spiro atoms. The summed E-state index contributed by atoms with van der Waals surface area (Å²) in [6.07, 6.45) is -17.0.